The Hall–Kier alpha value is -2.12. The summed E-state index contributed by atoms with van der Waals surface area (Å²) >= 11 is 1.61. The lowest BCUT2D eigenvalue weighted by Gasteiger charge is -2.18. The molecule has 0 bridgehead atoms. The molecule has 0 fully saturated rings. The van der Waals surface area contributed by atoms with Gasteiger partial charge in [0.25, 0.3) is 5.91 Å². The number of carbonyl (C=O) groups excluding carboxylic acids is 1. The van der Waals surface area contributed by atoms with Crippen molar-refractivity contribution < 1.29 is 4.79 Å². The van der Waals surface area contributed by atoms with E-state index in [0.29, 0.717) is 12.5 Å². The fourth-order valence-corrected chi connectivity index (χ4v) is 4.23. The van der Waals surface area contributed by atoms with Crippen LogP contribution in [0.25, 0.3) is 0 Å². The minimum atomic E-state index is -0.0255. The molecule has 0 aliphatic heterocycles. The quantitative estimate of drug-likeness (QED) is 0.797. The standard InChI is InChI=1S/C19H20N2OS/c1-14-7-8-17-16(11-14)12-18(23-17)19(22)21(10-9-20)13-15-5-3-2-4-6-15/h2-6,12,14H,7-8,10-11,13H2,1H3/t14-/m0/s1. The van der Waals surface area contributed by atoms with E-state index >= 15 is 0 Å². The third kappa shape index (κ3) is 3.62. The molecule has 4 heteroatoms. The Balaban J connectivity index is 1.80. The Morgan fingerprint density at radius 3 is 2.91 bits per heavy atom. The smallest absolute Gasteiger partial charge is 0.265 e. The molecule has 1 aliphatic rings. The van der Waals surface area contributed by atoms with Crippen LogP contribution in [0, 0.1) is 17.2 Å². The van der Waals surface area contributed by atoms with Crippen LogP contribution in [0.5, 0.6) is 0 Å². The first kappa shape index (κ1) is 15.8. The summed E-state index contributed by atoms with van der Waals surface area (Å²) in [5.41, 5.74) is 2.37. The number of amides is 1. The van der Waals surface area contributed by atoms with Crippen LogP contribution in [0.3, 0.4) is 0 Å². The van der Waals surface area contributed by atoms with Gasteiger partial charge in [-0.15, -0.1) is 11.3 Å². The van der Waals surface area contributed by atoms with Gasteiger partial charge in [0.2, 0.25) is 0 Å². The van der Waals surface area contributed by atoms with E-state index in [9.17, 15) is 4.79 Å². The first-order chi connectivity index (χ1) is 11.2. The molecule has 3 rings (SSSR count). The van der Waals surface area contributed by atoms with Gasteiger partial charge in [0.15, 0.2) is 0 Å². The number of hydrogen-bond acceptors (Lipinski definition) is 3. The minimum Gasteiger partial charge on any atom is -0.320 e. The molecule has 118 valence electrons. The van der Waals surface area contributed by atoms with Gasteiger partial charge in [0.1, 0.15) is 6.54 Å². The minimum absolute atomic E-state index is 0.0255. The van der Waals surface area contributed by atoms with Gasteiger partial charge in [-0.1, -0.05) is 37.3 Å². The number of fused-ring (bicyclic) bond motifs is 1. The van der Waals surface area contributed by atoms with Gasteiger partial charge in [-0.25, -0.2) is 0 Å². The lowest BCUT2D eigenvalue weighted by molar-refractivity contribution is 0.0769. The van der Waals surface area contributed by atoms with E-state index in [0.717, 1.165) is 23.3 Å². The molecule has 1 atom stereocenters. The highest BCUT2D eigenvalue weighted by Gasteiger charge is 2.23. The lowest BCUT2D eigenvalue weighted by atomic mass is 9.90. The molecule has 0 N–H and O–H groups in total. The molecule has 23 heavy (non-hydrogen) atoms. The maximum absolute atomic E-state index is 12.8. The molecular weight excluding hydrogens is 304 g/mol. The number of aryl methyl sites for hydroxylation is 1. The zero-order chi connectivity index (χ0) is 16.2. The monoisotopic (exact) mass is 324 g/mol. The van der Waals surface area contributed by atoms with Crippen molar-refractivity contribution >= 4 is 17.2 Å². The van der Waals surface area contributed by atoms with Crippen molar-refractivity contribution in [2.24, 2.45) is 5.92 Å². The Morgan fingerprint density at radius 1 is 1.39 bits per heavy atom. The van der Waals surface area contributed by atoms with Crippen molar-refractivity contribution in [1.82, 2.24) is 4.90 Å². The molecular formula is C19H20N2OS. The van der Waals surface area contributed by atoms with E-state index in [4.69, 9.17) is 5.26 Å². The van der Waals surface area contributed by atoms with Crippen LogP contribution in [0.4, 0.5) is 0 Å². The van der Waals surface area contributed by atoms with Crippen LogP contribution in [-0.2, 0) is 19.4 Å². The van der Waals surface area contributed by atoms with Crippen LogP contribution in [-0.4, -0.2) is 17.4 Å². The molecule has 3 nitrogen and oxygen atoms in total. The summed E-state index contributed by atoms with van der Waals surface area (Å²) in [6, 6.07) is 14.0. The van der Waals surface area contributed by atoms with E-state index in [2.05, 4.69) is 13.0 Å². The van der Waals surface area contributed by atoms with E-state index in [-0.39, 0.29) is 12.5 Å². The molecule has 1 aliphatic carbocycles. The molecule has 1 aromatic heterocycles. The molecule has 0 radical (unpaired) electrons. The summed E-state index contributed by atoms with van der Waals surface area (Å²) in [6.45, 7) is 2.86. The number of nitrogens with zero attached hydrogens (tertiary/aromatic N) is 2. The van der Waals surface area contributed by atoms with E-state index < -0.39 is 0 Å². The number of benzene rings is 1. The van der Waals surface area contributed by atoms with Crippen molar-refractivity contribution in [3.8, 4) is 6.07 Å². The van der Waals surface area contributed by atoms with Crippen LogP contribution in [0.2, 0.25) is 0 Å². The molecule has 0 saturated carbocycles. The fraction of sp³-hybridized carbons (Fsp3) is 0.368. The second kappa shape index (κ2) is 6.97. The maximum Gasteiger partial charge on any atom is 0.265 e. The number of carbonyl (C=O) groups is 1. The van der Waals surface area contributed by atoms with Gasteiger partial charge in [0, 0.05) is 11.4 Å². The average Bonchev–Trinajstić information content (AvgIpc) is 2.98. The Labute approximate surface area is 141 Å². The van der Waals surface area contributed by atoms with Gasteiger partial charge >= 0.3 is 0 Å². The van der Waals surface area contributed by atoms with Crippen molar-refractivity contribution in [2.45, 2.75) is 32.7 Å². The van der Waals surface area contributed by atoms with Crippen molar-refractivity contribution in [2.75, 3.05) is 6.54 Å². The summed E-state index contributed by atoms with van der Waals surface area (Å²) in [7, 11) is 0. The van der Waals surface area contributed by atoms with Crippen LogP contribution >= 0.6 is 11.3 Å². The largest absolute Gasteiger partial charge is 0.320 e. The highest BCUT2D eigenvalue weighted by atomic mass is 32.1. The first-order valence-electron chi connectivity index (χ1n) is 7.99. The molecule has 2 aromatic rings. The highest BCUT2D eigenvalue weighted by molar-refractivity contribution is 7.14. The predicted molar refractivity (Wildman–Crippen MR) is 92.3 cm³/mol. The van der Waals surface area contributed by atoms with Crippen LogP contribution in [0.15, 0.2) is 36.4 Å². The van der Waals surface area contributed by atoms with Gasteiger partial charge in [-0.3, -0.25) is 4.79 Å². The Bertz CT molecular complexity index is 730. The van der Waals surface area contributed by atoms with Gasteiger partial charge in [-0.05, 0) is 42.4 Å². The zero-order valence-electron chi connectivity index (χ0n) is 13.3. The molecule has 1 heterocycles. The Kier molecular flexibility index (Phi) is 4.78. The van der Waals surface area contributed by atoms with Gasteiger partial charge < -0.3 is 4.90 Å². The molecule has 0 unspecified atom stereocenters. The molecule has 1 aromatic carbocycles. The van der Waals surface area contributed by atoms with Crippen molar-refractivity contribution in [3.63, 3.8) is 0 Å². The number of rotatable bonds is 4. The van der Waals surface area contributed by atoms with Gasteiger partial charge in [-0.2, -0.15) is 5.26 Å². The summed E-state index contributed by atoms with van der Waals surface area (Å²) in [6.07, 6.45) is 3.34. The zero-order valence-corrected chi connectivity index (χ0v) is 14.1. The number of hydrogen-bond donors (Lipinski definition) is 0. The summed E-state index contributed by atoms with van der Waals surface area (Å²) < 4.78 is 0. The third-order valence-electron chi connectivity index (χ3n) is 4.31. The maximum atomic E-state index is 12.8. The van der Waals surface area contributed by atoms with Crippen LogP contribution in [0.1, 0.15) is 39.0 Å². The first-order valence-corrected chi connectivity index (χ1v) is 8.80. The SMILES string of the molecule is C[C@H]1CCc2sc(C(=O)N(CC#N)Cc3ccccc3)cc2C1. The van der Waals surface area contributed by atoms with Crippen molar-refractivity contribution in [3.05, 3.63) is 57.3 Å². The van der Waals surface area contributed by atoms with Crippen LogP contribution < -0.4 is 0 Å². The Morgan fingerprint density at radius 2 is 2.17 bits per heavy atom. The summed E-state index contributed by atoms with van der Waals surface area (Å²) in [5.74, 6) is 0.669. The molecule has 0 saturated heterocycles. The third-order valence-corrected chi connectivity index (χ3v) is 5.53. The normalized spacial score (nSPS) is 16.4. The van der Waals surface area contributed by atoms with E-state index in [1.165, 1.54) is 16.9 Å². The van der Waals surface area contributed by atoms with Gasteiger partial charge in [0.05, 0.1) is 10.9 Å². The van der Waals surface area contributed by atoms with Crippen molar-refractivity contribution in [1.29, 1.82) is 5.26 Å². The average molecular weight is 324 g/mol. The highest BCUT2D eigenvalue weighted by Crippen LogP contribution is 2.32. The number of nitriles is 1. The predicted octanol–water partition coefficient (Wildman–Crippen LogP) is 4.04. The molecule has 0 spiro atoms. The molecule has 1 amide bonds. The number of thiophene rings is 1. The fourth-order valence-electron chi connectivity index (χ4n) is 3.06. The van der Waals surface area contributed by atoms with E-state index in [1.807, 2.05) is 36.4 Å². The second-order valence-corrected chi connectivity index (χ2v) is 7.35. The lowest BCUT2D eigenvalue weighted by Crippen LogP contribution is -2.30. The second-order valence-electron chi connectivity index (χ2n) is 6.21. The summed E-state index contributed by atoms with van der Waals surface area (Å²) in [5, 5.41) is 9.07. The van der Waals surface area contributed by atoms with E-state index in [1.54, 1.807) is 16.2 Å². The topological polar surface area (TPSA) is 44.1 Å². The summed E-state index contributed by atoms with van der Waals surface area (Å²) in [4.78, 5) is 16.6.